The highest BCUT2D eigenvalue weighted by atomic mass is 35.5. The number of hydrogen-bond acceptors (Lipinski definition) is 5. The summed E-state index contributed by atoms with van der Waals surface area (Å²) in [6, 6.07) is 4.04. The Bertz CT molecular complexity index is 925. The fourth-order valence-corrected chi connectivity index (χ4v) is 5.38. The van der Waals surface area contributed by atoms with Crippen molar-refractivity contribution in [3.8, 4) is 0 Å². The summed E-state index contributed by atoms with van der Waals surface area (Å²) in [5.41, 5.74) is 0. The van der Waals surface area contributed by atoms with Gasteiger partial charge in [0.25, 0.3) is 0 Å². The highest BCUT2D eigenvalue weighted by Gasteiger charge is 2.34. The van der Waals surface area contributed by atoms with Gasteiger partial charge in [0.1, 0.15) is 16.5 Å². The zero-order valence-corrected chi connectivity index (χ0v) is 15.6. The first-order chi connectivity index (χ1) is 12.5. The third-order valence-corrected chi connectivity index (χ3v) is 7.21. The molecule has 2 aliphatic rings. The first-order valence-electron chi connectivity index (χ1n) is 8.55. The molecule has 0 atom stereocenters. The first kappa shape index (κ1) is 17.8. The molecular formula is C16H19ClFN5O2S. The topological polar surface area (TPSA) is 80.1 Å². The number of piperidine rings is 1. The number of fused-ring (bicyclic) bond motifs is 1. The molecule has 1 N–H and O–H groups in total. The summed E-state index contributed by atoms with van der Waals surface area (Å²) in [4.78, 5) is -0.366. The molecular weight excluding hydrogens is 381 g/mol. The van der Waals surface area contributed by atoms with Gasteiger partial charge in [-0.3, -0.25) is 0 Å². The predicted octanol–water partition coefficient (Wildman–Crippen LogP) is 1.74. The van der Waals surface area contributed by atoms with E-state index in [4.69, 9.17) is 11.6 Å². The molecule has 2 aromatic rings. The number of aromatic nitrogens is 3. The van der Waals surface area contributed by atoms with Gasteiger partial charge in [-0.15, -0.1) is 10.2 Å². The molecule has 3 heterocycles. The number of sulfonamides is 1. The van der Waals surface area contributed by atoms with Crippen molar-refractivity contribution in [1.29, 1.82) is 0 Å². The molecule has 7 nitrogen and oxygen atoms in total. The number of benzene rings is 1. The van der Waals surface area contributed by atoms with Crippen LogP contribution in [0.2, 0.25) is 5.02 Å². The number of halogens is 2. The van der Waals surface area contributed by atoms with Crippen LogP contribution in [0.25, 0.3) is 0 Å². The normalized spacial score (nSPS) is 19.5. The van der Waals surface area contributed by atoms with Gasteiger partial charge >= 0.3 is 0 Å². The van der Waals surface area contributed by atoms with Crippen molar-refractivity contribution in [2.24, 2.45) is 0 Å². The van der Waals surface area contributed by atoms with E-state index >= 15 is 0 Å². The fraction of sp³-hybridized carbons (Fsp3) is 0.500. The SMILES string of the molecule is O=S(=O)(c1cccc(Cl)c1F)N1CCC(c2nnc3n2CCNC3)CC1. The number of nitrogens with one attached hydrogen (secondary N) is 1. The van der Waals surface area contributed by atoms with Gasteiger partial charge < -0.3 is 9.88 Å². The minimum Gasteiger partial charge on any atom is -0.312 e. The third kappa shape index (κ3) is 3.02. The van der Waals surface area contributed by atoms with Crippen molar-refractivity contribution in [1.82, 2.24) is 24.4 Å². The molecule has 0 unspecified atom stereocenters. The average molecular weight is 400 g/mol. The van der Waals surface area contributed by atoms with Crippen LogP contribution in [0.1, 0.15) is 30.4 Å². The van der Waals surface area contributed by atoms with E-state index in [0.29, 0.717) is 32.5 Å². The van der Waals surface area contributed by atoms with Gasteiger partial charge in [-0.2, -0.15) is 4.31 Å². The maximum Gasteiger partial charge on any atom is 0.246 e. The highest BCUT2D eigenvalue weighted by Crippen LogP contribution is 2.32. The second-order valence-corrected chi connectivity index (χ2v) is 8.85. The number of hydrogen-bond donors (Lipinski definition) is 1. The zero-order valence-electron chi connectivity index (χ0n) is 14.0. The van der Waals surface area contributed by atoms with Crippen LogP contribution >= 0.6 is 11.6 Å². The van der Waals surface area contributed by atoms with Crippen molar-refractivity contribution in [3.63, 3.8) is 0 Å². The van der Waals surface area contributed by atoms with E-state index < -0.39 is 15.8 Å². The van der Waals surface area contributed by atoms with Crippen LogP contribution in [0, 0.1) is 5.82 Å². The Morgan fingerprint density at radius 1 is 1.19 bits per heavy atom. The van der Waals surface area contributed by atoms with Crippen LogP contribution in [0.3, 0.4) is 0 Å². The van der Waals surface area contributed by atoms with Crippen LogP contribution in [-0.2, 0) is 23.1 Å². The molecule has 0 bridgehead atoms. The third-order valence-electron chi connectivity index (χ3n) is 5.00. The summed E-state index contributed by atoms with van der Waals surface area (Å²) >= 11 is 5.74. The Morgan fingerprint density at radius 3 is 2.73 bits per heavy atom. The van der Waals surface area contributed by atoms with Gasteiger partial charge in [0.05, 0.1) is 11.6 Å². The summed E-state index contributed by atoms with van der Waals surface area (Å²) in [7, 11) is -3.90. The largest absolute Gasteiger partial charge is 0.312 e. The van der Waals surface area contributed by atoms with E-state index in [0.717, 1.165) is 24.7 Å². The van der Waals surface area contributed by atoms with Crippen LogP contribution in [0.4, 0.5) is 4.39 Å². The molecule has 1 aromatic carbocycles. The lowest BCUT2D eigenvalue weighted by atomic mass is 9.97. The van der Waals surface area contributed by atoms with Crippen LogP contribution < -0.4 is 5.32 Å². The maximum atomic E-state index is 14.2. The first-order valence-corrected chi connectivity index (χ1v) is 10.4. The molecule has 4 rings (SSSR count). The molecule has 1 saturated heterocycles. The summed E-state index contributed by atoms with van der Waals surface area (Å²) < 4.78 is 43.2. The number of nitrogens with zero attached hydrogens (tertiary/aromatic N) is 4. The van der Waals surface area contributed by atoms with Crippen molar-refractivity contribution in [2.75, 3.05) is 19.6 Å². The van der Waals surface area contributed by atoms with E-state index in [-0.39, 0.29) is 15.8 Å². The van der Waals surface area contributed by atoms with Crippen molar-refractivity contribution >= 4 is 21.6 Å². The van der Waals surface area contributed by atoms with Crippen LogP contribution in [-0.4, -0.2) is 47.1 Å². The van der Waals surface area contributed by atoms with Crippen molar-refractivity contribution in [2.45, 2.75) is 36.7 Å². The molecule has 0 radical (unpaired) electrons. The van der Waals surface area contributed by atoms with E-state index in [1.54, 1.807) is 0 Å². The minimum absolute atomic E-state index is 0.157. The van der Waals surface area contributed by atoms with Gasteiger partial charge in [-0.05, 0) is 25.0 Å². The smallest absolute Gasteiger partial charge is 0.246 e. The highest BCUT2D eigenvalue weighted by molar-refractivity contribution is 7.89. The van der Waals surface area contributed by atoms with E-state index in [2.05, 4.69) is 20.1 Å². The van der Waals surface area contributed by atoms with Gasteiger partial charge in [0, 0.05) is 32.1 Å². The van der Waals surface area contributed by atoms with E-state index in [1.165, 1.54) is 22.5 Å². The molecule has 1 fully saturated rings. The lowest BCUT2D eigenvalue weighted by Crippen LogP contribution is -2.39. The Labute approximate surface area is 156 Å². The molecule has 2 aliphatic heterocycles. The summed E-state index contributed by atoms with van der Waals surface area (Å²) in [6.45, 7) is 3.04. The molecule has 0 amide bonds. The summed E-state index contributed by atoms with van der Waals surface area (Å²) in [6.07, 6.45) is 1.26. The molecule has 26 heavy (non-hydrogen) atoms. The monoisotopic (exact) mass is 399 g/mol. The lowest BCUT2D eigenvalue weighted by Gasteiger charge is -2.31. The molecule has 10 heteroatoms. The molecule has 0 spiro atoms. The van der Waals surface area contributed by atoms with E-state index in [1.807, 2.05) is 0 Å². The van der Waals surface area contributed by atoms with Crippen molar-refractivity contribution in [3.05, 3.63) is 40.7 Å². The van der Waals surface area contributed by atoms with Crippen LogP contribution in [0.5, 0.6) is 0 Å². The van der Waals surface area contributed by atoms with Gasteiger partial charge in [-0.1, -0.05) is 17.7 Å². The Morgan fingerprint density at radius 2 is 1.96 bits per heavy atom. The van der Waals surface area contributed by atoms with Gasteiger partial charge in [-0.25, -0.2) is 12.8 Å². The van der Waals surface area contributed by atoms with Crippen molar-refractivity contribution < 1.29 is 12.8 Å². The average Bonchev–Trinajstić information content (AvgIpc) is 3.08. The van der Waals surface area contributed by atoms with E-state index in [9.17, 15) is 12.8 Å². The molecule has 0 aliphatic carbocycles. The quantitative estimate of drug-likeness (QED) is 0.850. The summed E-state index contributed by atoms with van der Waals surface area (Å²) in [5, 5.41) is 11.6. The van der Waals surface area contributed by atoms with Crippen LogP contribution in [0.15, 0.2) is 23.1 Å². The Hall–Kier alpha value is -1.55. The number of rotatable bonds is 3. The summed E-state index contributed by atoms with van der Waals surface area (Å²) in [5.74, 6) is 1.11. The fourth-order valence-electron chi connectivity index (χ4n) is 3.59. The molecule has 1 aromatic heterocycles. The molecule has 140 valence electrons. The Balaban J connectivity index is 1.51. The standard InChI is InChI=1S/C16H19ClFN5O2S/c17-12-2-1-3-13(15(12)18)26(24,25)22-7-4-11(5-8-22)16-21-20-14-10-19-6-9-23(14)16/h1-3,11,19H,4-10H2. The maximum absolute atomic E-state index is 14.2. The van der Waals surface area contributed by atoms with Gasteiger partial charge in [0.2, 0.25) is 10.0 Å². The second-order valence-electron chi connectivity index (χ2n) is 6.53. The van der Waals surface area contributed by atoms with Gasteiger partial charge in [0.15, 0.2) is 5.82 Å². The predicted molar refractivity (Wildman–Crippen MR) is 93.9 cm³/mol. The lowest BCUT2D eigenvalue weighted by molar-refractivity contribution is 0.306. The second kappa shape index (κ2) is 6.88. The zero-order chi connectivity index (χ0) is 18.3. The Kier molecular flexibility index (Phi) is 4.72. The minimum atomic E-state index is -3.90. The molecule has 0 saturated carbocycles.